The summed E-state index contributed by atoms with van der Waals surface area (Å²) in [5.74, 6) is 0.133. The topological polar surface area (TPSA) is 45.5 Å². The molecular formula is C18H21BrN2O2. The van der Waals surface area contributed by atoms with Crippen molar-refractivity contribution >= 4 is 21.8 Å². The number of carbonyl (C=O) groups is 1. The van der Waals surface area contributed by atoms with Crippen LogP contribution in [0.4, 0.5) is 0 Å². The van der Waals surface area contributed by atoms with E-state index < -0.39 is 0 Å². The molecule has 4 nitrogen and oxygen atoms in total. The zero-order valence-electron chi connectivity index (χ0n) is 13.1. The summed E-state index contributed by atoms with van der Waals surface area (Å²) < 4.78 is 5.84. The number of nitrogens with zero attached hydrogens (tertiary/aromatic N) is 1. The van der Waals surface area contributed by atoms with Gasteiger partial charge in [0.2, 0.25) is 0 Å². The molecule has 2 heterocycles. The Bertz CT molecular complexity index is 663. The number of nitrogens with one attached hydrogen (secondary N) is 1. The first-order valence-electron chi connectivity index (χ1n) is 8.05. The van der Waals surface area contributed by atoms with E-state index in [-0.39, 0.29) is 5.91 Å². The molecule has 5 heteroatoms. The van der Waals surface area contributed by atoms with E-state index >= 15 is 0 Å². The summed E-state index contributed by atoms with van der Waals surface area (Å²) in [6.45, 7) is 3.81. The van der Waals surface area contributed by atoms with Crippen LogP contribution in [0.5, 0.6) is 0 Å². The van der Waals surface area contributed by atoms with E-state index in [1.54, 1.807) is 12.1 Å². The number of rotatable bonds is 5. The third kappa shape index (κ3) is 4.45. The summed E-state index contributed by atoms with van der Waals surface area (Å²) in [4.78, 5) is 14.6. The Kier molecular flexibility index (Phi) is 5.51. The van der Waals surface area contributed by atoms with Crippen LogP contribution in [0, 0.1) is 0 Å². The second kappa shape index (κ2) is 7.79. The second-order valence-corrected chi connectivity index (χ2v) is 6.67. The zero-order chi connectivity index (χ0) is 16.1. The quantitative estimate of drug-likeness (QED) is 0.858. The lowest BCUT2D eigenvalue weighted by molar-refractivity contribution is 0.0921. The van der Waals surface area contributed by atoms with Crippen molar-refractivity contribution in [2.45, 2.75) is 32.4 Å². The van der Waals surface area contributed by atoms with Crippen LogP contribution in [0.1, 0.15) is 40.9 Å². The number of benzene rings is 1. The van der Waals surface area contributed by atoms with Gasteiger partial charge in [-0.05, 0) is 65.1 Å². The van der Waals surface area contributed by atoms with Gasteiger partial charge in [-0.2, -0.15) is 0 Å². The van der Waals surface area contributed by atoms with Crippen LogP contribution in [-0.4, -0.2) is 23.9 Å². The fourth-order valence-electron chi connectivity index (χ4n) is 2.94. The lowest BCUT2D eigenvalue weighted by Crippen LogP contribution is -2.30. The average molecular weight is 377 g/mol. The van der Waals surface area contributed by atoms with E-state index in [0.29, 0.717) is 17.0 Å². The van der Waals surface area contributed by atoms with Crippen molar-refractivity contribution in [2.75, 3.05) is 13.1 Å². The fourth-order valence-corrected chi connectivity index (χ4v) is 3.25. The average Bonchev–Trinajstić information content (AvgIpc) is 3.01. The number of likely N-dealkylation sites (tertiary alicyclic amines) is 1. The summed E-state index contributed by atoms with van der Waals surface area (Å²) in [7, 11) is 0. The SMILES string of the molecule is O=C(NCc1ccccc1CN1CCCCC1)c1ccc(Br)o1. The van der Waals surface area contributed by atoms with Gasteiger partial charge < -0.3 is 9.73 Å². The lowest BCUT2D eigenvalue weighted by atomic mass is 10.0. The van der Waals surface area contributed by atoms with Crippen LogP contribution in [0.15, 0.2) is 45.5 Å². The van der Waals surface area contributed by atoms with Gasteiger partial charge in [-0.15, -0.1) is 0 Å². The number of halogens is 1. The molecule has 122 valence electrons. The van der Waals surface area contributed by atoms with Crippen molar-refractivity contribution < 1.29 is 9.21 Å². The largest absolute Gasteiger partial charge is 0.444 e. The highest BCUT2D eigenvalue weighted by molar-refractivity contribution is 9.10. The van der Waals surface area contributed by atoms with Gasteiger partial charge in [-0.25, -0.2) is 0 Å². The van der Waals surface area contributed by atoms with Crippen molar-refractivity contribution in [2.24, 2.45) is 0 Å². The maximum atomic E-state index is 12.1. The minimum Gasteiger partial charge on any atom is -0.444 e. The first-order chi connectivity index (χ1) is 11.2. The third-order valence-corrected chi connectivity index (χ3v) is 4.62. The van der Waals surface area contributed by atoms with E-state index in [9.17, 15) is 4.79 Å². The van der Waals surface area contributed by atoms with Crippen molar-refractivity contribution in [1.82, 2.24) is 10.2 Å². The van der Waals surface area contributed by atoms with Gasteiger partial charge in [0.15, 0.2) is 10.4 Å². The number of piperidine rings is 1. The summed E-state index contributed by atoms with van der Waals surface area (Å²) in [5, 5.41) is 2.93. The van der Waals surface area contributed by atoms with Crippen LogP contribution in [0.3, 0.4) is 0 Å². The molecule has 3 rings (SSSR count). The van der Waals surface area contributed by atoms with E-state index in [4.69, 9.17) is 4.42 Å². The Labute approximate surface area is 145 Å². The van der Waals surface area contributed by atoms with Crippen LogP contribution in [0.2, 0.25) is 0 Å². The van der Waals surface area contributed by atoms with Gasteiger partial charge in [-0.1, -0.05) is 30.7 Å². The molecule has 23 heavy (non-hydrogen) atoms. The van der Waals surface area contributed by atoms with Crippen LogP contribution < -0.4 is 5.32 Å². The van der Waals surface area contributed by atoms with Gasteiger partial charge in [0, 0.05) is 13.1 Å². The number of hydrogen-bond donors (Lipinski definition) is 1. The Morgan fingerprint density at radius 3 is 2.52 bits per heavy atom. The molecule has 0 atom stereocenters. The molecule has 1 saturated heterocycles. The monoisotopic (exact) mass is 376 g/mol. The van der Waals surface area contributed by atoms with E-state index in [1.165, 1.54) is 37.9 Å². The first-order valence-corrected chi connectivity index (χ1v) is 8.84. The lowest BCUT2D eigenvalue weighted by Gasteiger charge is -2.27. The molecule has 0 radical (unpaired) electrons. The Morgan fingerprint density at radius 2 is 1.83 bits per heavy atom. The van der Waals surface area contributed by atoms with Crippen molar-refractivity contribution in [3.8, 4) is 0 Å². The normalized spacial score (nSPS) is 15.5. The van der Waals surface area contributed by atoms with Crippen molar-refractivity contribution in [3.63, 3.8) is 0 Å². The molecule has 0 bridgehead atoms. The maximum absolute atomic E-state index is 12.1. The van der Waals surface area contributed by atoms with E-state index in [0.717, 1.165) is 12.1 Å². The molecule has 1 fully saturated rings. The highest BCUT2D eigenvalue weighted by atomic mass is 79.9. The molecule has 1 N–H and O–H groups in total. The first kappa shape index (κ1) is 16.3. The van der Waals surface area contributed by atoms with Gasteiger partial charge >= 0.3 is 0 Å². The molecule has 1 aromatic heterocycles. The molecule has 1 aliphatic heterocycles. The van der Waals surface area contributed by atoms with E-state index in [2.05, 4.69) is 44.3 Å². The predicted octanol–water partition coefficient (Wildman–Crippen LogP) is 3.96. The summed E-state index contributed by atoms with van der Waals surface area (Å²) in [6, 6.07) is 11.7. The standard InChI is InChI=1S/C18H21BrN2O2/c19-17-9-8-16(23-17)18(22)20-12-14-6-2-3-7-15(14)13-21-10-4-1-5-11-21/h2-3,6-9H,1,4-5,10-13H2,(H,20,22). The molecule has 1 aliphatic rings. The summed E-state index contributed by atoms with van der Waals surface area (Å²) in [6.07, 6.45) is 3.91. The second-order valence-electron chi connectivity index (χ2n) is 5.89. The number of amides is 1. The molecule has 0 aliphatic carbocycles. The smallest absolute Gasteiger partial charge is 0.287 e. The van der Waals surface area contributed by atoms with Gasteiger partial charge in [0.25, 0.3) is 5.91 Å². The third-order valence-electron chi connectivity index (χ3n) is 4.20. The van der Waals surface area contributed by atoms with Gasteiger partial charge in [0.05, 0.1) is 0 Å². The molecule has 0 saturated carbocycles. The van der Waals surface area contributed by atoms with Crippen LogP contribution in [-0.2, 0) is 13.1 Å². The Morgan fingerprint density at radius 1 is 1.09 bits per heavy atom. The molecular weight excluding hydrogens is 356 g/mol. The number of carbonyl (C=O) groups excluding carboxylic acids is 1. The minimum absolute atomic E-state index is 0.191. The number of furan rings is 1. The van der Waals surface area contributed by atoms with Crippen LogP contribution in [0.25, 0.3) is 0 Å². The zero-order valence-corrected chi connectivity index (χ0v) is 14.6. The van der Waals surface area contributed by atoms with Crippen molar-refractivity contribution in [1.29, 1.82) is 0 Å². The molecule has 0 unspecified atom stereocenters. The minimum atomic E-state index is -0.191. The molecule has 0 spiro atoms. The Balaban J connectivity index is 1.62. The summed E-state index contributed by atoms with van der Waals surface area (Å²) in [5.41, 5.74) is 2.45. The highest BCUT2D eigenvalue weighted by Gasteiger charge is 2.14. The molecule has 2 aromatic rings. The molecule has 1 amide bonds. The van der Waals surface area contributed by atoms with Gasteiger partial charge in [0.1, 0.15) is 0 Å². The fraction of sp³-hybridized carbons (Fsp3) is 0.389. The van der Waals surface area contributed by atoms with Crippen LogP contribution >= 0.6 is 15.9 Å². The Hall–Kier alpha value is -1.59. The highest BCUT2D eigenvalue weighted by Crippen LogP contribution is 2.17. The summed E-state index contributed by atoms with van der Waals surface area (Å²) >= 11 is 3.21. The van der Waals surface area contributed by atoms with E-state index in [1.807, 2.05) is 6.07 Å². The number of hydrogen-bond acceptors (Lipinski definition) is 3. The van der Waals surface area contributed by atoms with Crippen molar-refractivity contribution in [3.05, 3.63) is 58.0 Å². The maximum Gasteiger partial charge on any atom is 0.287 e. The molecule has 1 aromatic carbocycles. The predicted molar refractivity (Wildman–Crippen MR) is 93.1 cm³/mol. The van der Waals surface area contributed by atoms with Gasteiger partial charge in [-0.3, -0.25) is 9.69 Å².